The standard InChI is InChI=1S/C15H25N3O2/c1-10(2)18(11(3)4)9-8-17-13-7-5-6-12(14(13)16)15(19)20/h5-7,10-11,17H,8-9,16H2,1-4H3,(H,19,20). The lowest BCUT2D eigenvalue weighted by molar-refractivity contribution is 0.0698. The summed E-state index contributed by atoms with van der Waals surface area (Å²) >= 11 is 0. The van der Waals surface area contributed by atoms with Gasteiger partial charge in [-0.15, -0.1) is 0 Å². The molecule has 0 aliphatic heterocycles. The van der Waals surface area contributed by atoms with E-state index in [1.165, 1.54) is 6.07 Å². The third-order valence-corrected chi connectivity index (χ3v) is 3.35. The van der Waals surface area contributed by atoms with Crippen LogP contribution in [0.15, 0.2) is 18.2 Å². The minimum Gasteiger partial charge on any atom is -0.478 e. The maximum absolute atomic E-state index is 11.0. The normalized spacial score (nSPS) is 11.3. The molecule has 5 heteroatoms. The highest BCUT2D eigenvalue weighted by atomic mass is 16.4. The first-order chi connectivity index (χ1) is 9.34. The van der Waals surface area contributed by atoms with Crippen LogP contribution in [0.3, 0.4) is 0 Å². The van der Waals surface area contributed by atoms with E-state index in [1.54, 1.807) is 12.1 Å². The zero-order valence-electron chi connectivity index (χ0n) is 12.7. The van der Waals surface area contributed by atoms with Gasteiger partial charge in [0.2, 0.25) is 0 Å². The summed E-state index contributed by atoms with van der Waals surface area (Å²) in [6.07, 6.45) is 0. The highest BCUT2D eigenvalue weighted by Crippen LogP contribution is 2.22. The Labute approximate surface area is 120 Å². The first kappa shape index (κ1) is 16.3. The fourth-order valence-corrected chi connectivity index (χ4v) is 2.34. The largest absolute Gasteiger partial charge is 0.478 e. The first-order valence-electron chi connectivity index (χ1n) is 6.96. The molecule has 112 valence electrons. The zero-order valence-corrected chi connectivity index (χ0v) is 12.7. The quantitative estimate of drug-likeness (QED) is 0.668. The minimum absolute atomic E-state index is 0.138. The molecule has 0 aromatic heterocycles. The van der Waals surface area contributed by atoms with Gasteiger partial charge >= 0.3 is 5.97 Å². The molecule has 20 heavy (non-hydrogen) atoms. The Morgan fingerprint density at radius 1 is 1.30 bits per heavy atom. The molecular weight excluding hydrogens is 254 g/mol. The average molecular weight is 279 g/mol. The summed E-state index contributed by atoms with van der Waals surface area (Å²) in [5.74, 6) is -1.00. The van der Waals surface area contributed by atoms with Crippen molar-refractivity contribution in [1.82, 2.24) is 4.90 Å². The van der Waals surface area contributed by atoms with Crippen LogP contribution in [0.25, 0.3) is 0 Å². The third-order valence-electron chi connectivity index (χ3n) is 3.35. The number of nitrogen functional groups attached to an aromatic ring is 1. The van der Waals surface area contributed by atoms with Crippen LogP contribution in [0.2, 0.25) is 0 Å². The van der Waals surface area contributed by atoms with Crippen LogP contribution in [0.5, 0.6) is 0 Å². The van der Waals surface area contributed by atoms with Crippen molar-refractivity contribution < 1.29 is 9.90 Å². The Bertz CT molecular complexity index is 450. The van der Waals surface area contributed by atoms with Gasteiger partial charge in [0.1, 0.15) is 0 Å². The lowest BCUT2D eigenvalue weighted by Gasteiger charge is -2.30. The van der Waals surface area contributed by atoms with E-state index in [4.69, 9.17) is 10.8 Å². The van der Waals surface area contributed by atoms with E-state index >= 15 is 0 Å². The van der Waals surface area contributed by atoms with Crippen LogP contribution in [0.1, 0.15) is 38.1 Å². The van der Waals surface area contributed by atoms with E-state index < -0.39 is 5.97 Å². The number of nitrogens with two attached hydrogens (primary N) is 1. The molecule has 0 bridgehead atoms. The fourth-order valence-electron chi connectivity index (χ4n) is 2.34. The van der Waals surface area contributed by atoms with Crippen molar-refractivity contribution >= 4 is 17.3 Å². The average Bonchev–Trinajstić information content (AvgIpc) is 2.34. The smallest absolute Gasteiger partial charge is 0.337 e. The molecule has 1 rings (SSSR count). The molecule has 0 amide bonds. The molecule has 0 heterocycles. The Morgan fingerprint density at radius 2 is 1.90 bits per heavy atom. The van der Waals surface area contributed by atoms with Gasteiger partial charge in [-0.1, -0.05) is 6.07 Å². The van der Waals surface area contributed by atoms with Crippen LogP contribution in [-0.4, -0.2) is 41.1 Å². The van der Waals surface area contributed by atoms with E-state index in [0.29, 0.717) is 23.5 Å². The Hall–Kier alpha value is -1.75. The number of para-hydroxylation sites is 1. The molecule has 4 N–H and O–H groups in total. The topological polar surface area (TPSA) is 78.6 Å². The van der Waals surface area contributed by atoms with Crippen LogP contribution in [0, 0.1) is 0 Å². The Morgan fingerprint density at radius 3 is 2.40 bits per heavy atom. The number of carboxylic acid groups (broad SMARTS) is 1. The molecule has 0 aliphatic carbocycles. The summed E-state index contributed by atoms with van der Waals surface area (Å²) in [6, 6.07) is 5.96. The molecular formula is C15H25N3O2. The van der Waals surface area contributed by atoms with E-state index in [9.17, 15) is 4.79 Å². The van der Waals surface area contributed by atoms with Gasteiger partial charge in [-0.25, -0.2) is 4.79 Å². The molecule has 1 aromatic carbocycles. The van der Waals surface area contributed by atoms with Gasteiger partial charge in [0.15, 0.2) is 0 Å². The van der Waals surface area contributed by atoms with Crippen molar-refractivity contribution in [3.8, 4) is 0 Å². The SMILES string of the molecule is CC(C)N(CCNc1cccc(C(=O)O)c1N)C(C)C. The van der Waals surface area contributed by atoms with Crippen molar-refractivity contribution in [3.63, 3.8) is 0 Å². The number of nitrogens with one attached hydrogen (secondary N) is 1. The third kappa shape index (κ3) is 4.13. The molecule has 0 unspecified atom stereocenters. The van der Waals surface area contributed by atoms with E-state index in [-0.39, 0.29) is 5.56 Å². The number of carboxylic acids is 1. The molecule has 0 atom stereocenters. The molecule has 0 fully saturated rings. The number of carbonyl (C=O) groups is 1. The van der Waals surface area contributed by atoms with Crippen LogP contribution in [0.4, 0.5) is 11.4 Å². The molecule has 1 aromatic rings. The molecule has 0 saturated heterocycles. The van der Waals surface area contributed by atoms with Crippen molar-refractivity contribution in [2.45, 2.75) is 39.8 Å². The number of nitrogens with zero attached hydrogens (tertiary/aromatic N) is 1. The van der Waals surface area contributed by atoms with Gasteiger partial charge in [0, 0.05) is 25.2 Å². The maximum atomic E-state index is 11.0. The van der Waals surface area contributed by atoms with Gasteiger partial charge in [-0.05, 0) is 39.8 Å². The number of anilines is 2. The summed E-state index contributed by atoms with van der Waals surface area (Å²) in [4.78, 5) is 13.4. The molecule has 0 radical (unpaired) electrons. The van der Waals surface area contributed by atoms with Gasteiger partial charge in [0.25, 0.3) is 0 Å². The second-order valence-electron chi connectivity index (χ2n) is 5.42. The van der Waals surface area contributed by atoms with Gasteiger partial charge in [0.05, 0.1) is 16.9 Å². The van der Waals surface area contributed by atoms with Crippen LogP contribution < -0.4 is 11.1 Å². The molecule has 5 nitrogen and oxygen atoms in total. The summed E-state index contributed by atoms with van der Waals surface area (Å²) in [7, 11) is 0. The summed E-state index contributed by atoms with van der Waals surface area (Å²) in [5.41, 5.74) is 6.97. The zero-order chi connectivity index (χ0) is 15.3. The molecule has 0 aliphatic rings. The minimum atomic E-state index is -1.00. The van der Waals surface area contributed by atoms with Crippen molar-refractivity contribution in [3.05, 3.63) is 23.8 Å². The number of aromatic carboxylic acids is 1. The Balaban J connectivity index is 2.67. The highest BCUT2D eigenvalue weighted by molar-refractivity contribution is 5.97. The van der Waals surface area contributed by atoms with Crippen molar-refractivity contribution in [2.24, 2.45) is 0 Å². The van der Waals surface area contributed by atoms with Gasteiger partial charge in [-0.2, -0.15) is 0 Å². The number of hydrogen-bond acceptors (Lipinski definition) is 4. The number of rotatable bonds is 7. The number of benzene rings is 1. The van der Waals surface area contributed by atoms with Gasteiger partial charge < -0.3 is 16.2 Å². The summed E-state index contributed by atoms with van der Waals surface area (Å²) in [5, 5.41) is 12.3. The lowest BCUT2D eigenvalue weighted by atomic mass is 10.1. The van der Waals surface area contributed by atoms with Gasteiger partial charge in [-0.3, -0.25) is 4.90 Å². The Kier molecular flexibility index (Phi) is 5.82. The maximum Gasteiger partial charge on any atom is 0.337 e. The number of hydrogen-bond donors (Lipinski definition) is 3. The second-order valence-corrected chi connectivity index (χ2v) is 5.42. The van der Waals surface area contributed by atoms with E-state index in [2.05, 4.69) is 37.9 Å². The van der Waals surface area contributed by atoms with Crippen LogP contribution >= 0.6 is 0 Å². The van der Waals surface area contributed by atoms with Crippen LogP contribution in [-0.2, 0) is 0 Å². The first-order valence-corrected chi connectivity index (χ1v) is 6.96. The highest BCUT2D eigenvalue weighted by Gasteiger charge is 2.14. The summed E-state index contributed by atoms with van der Waals surface area (Å²) in [6.45, 7) is 10.3. The summed E-state index contributed by atoms with van der Waals surface area (Å²) < 4.78 is 0. The van der Waals surface area contributed by atoms with E-state index in [1.807, 2.05) is 0 Å². The second kappa shape index (κ2) is 7.14. The van der Waals surface area contributed by atoms with E-state index in [0.717, 1.165) is 13.1 Å². The van der Waals surface area contributed by atoms with Crippen molar-refractivity contribution in [1.29, 1.82) is 0 Å². The fraction of sp³-hybridized carbons (Fsp3) is 0.533. The predicted molar refractivity (Wildman–Crippen MR) is 83.3 cm³/mol. The monoisotopic (exact) mass is 279 g/mol. The predicted octanol–water partition coefficient (Wildman–Crippen LogP) is 2.50. The molecule has 0 saturated carbocycles. The van der Waals surface area contributed by atoms with Crippen molar-refractivity contribution in [2.75, 3.05) is 24.1 Å². The molecule has 0 spiro atoms. The lowest BCUT2D eigenvalue weighted by Crippen LogP contribution is -2.40.